The third-order valence-corrected chi connectivity index (χ3v) is 2.38. The van der Waals surface area contributed by atoms with Gasteiger partial charge in [0, 0.05) is 0 Å². The van der Waals surface area contributed by atoms with Crippen LogP contribution in [0.25, 0.3) is 0 Å². The Balaban J connectivity index is 2.94. The minimum Gasteiger partial charge on any atom is -0.467 e. The van der Waals surface area contributed by atoms with Gasteiger partial charge in [0.15, 0.2) is 0 Å². The lowest BCUT2D eigenvalue weighted by molar-refractivity contribution is -0.142. The van der Waals surface area contributed by atoms with Gasteiger partial charge >= 0.3 is 5.97 Å². The van der Waals surface area contributed by atoms with Crippen molar-refractivity contribution in [2.45, 2.75) is 12.5 Å². The van der Waals surface area contributed by atoms with E-state index >= 15 is 0 Å². The predicted molar refractivity (Wildman–Crippen MR) is 64.4 cm³/mol. The van der Waals surface area contributed by atoms with Crippen LogP contribution in [0.5, 0.6) is 0 Å². The second kappa shape index (κ2) is 6.63. The molecule has 1 atom stereocenters. The van der Waals surface area contributed by atoms with Gasteiger partial charge in [-0.25, -0.2) is 13.6 Å². The minimum absolute atomic E-state index is 0.0918. The number of halogens is 2. The second-order valence-corrected chi connectivity index (χ2v) is 3.67. The van der Waals surface area contributed by atoms with Crippen LogP contribution in [0.2, 0.25) is 0 Å². The van der Waals surface area contributed by atoms with Crippen LogP contribution < -0.4 is 5.32 Å². The van der Waals surface area contributed by atoms with Gasteiger partial charge in [-0.2, -0.15) is 0 Å². The number of carbonyl (C=O) groups is 2. The molecule has 0 fully saturated rings. The third kappa shape index (κ3) is 3.61. The van der Waals surface area contributed by atoms with Gasteiger partial charge in [-0.3, -0.25) is 4.79 Å². The molecule has 6 heteroatoms. The zero-order valence-corrected chi connectivity index (χ0v) is 10.3. The summed E-state index contributed by atoms with van der Waals surface area (Å²) in [4.78, 5) is 23.1. The van der Waals surface area contributed by atoms with E-state index in [1.807, 2.05) is 0 Å². The molecule has 0 saturated carbocycles. The molecule has 102 valence electrons. The molecule has 0 aliphatic heterocycles. The molecule has 0 spiro atoms. The third-order valence-electron chi connectivity index (χ3n) is 2.38. The topological polar surface area (TPSA) is 55.4 Å². The summed E-state index contributed by atoms with van der Waals surface area (Å²) in [6.45, 7) is 3.43. The number of rotatable bonds is 5. The number of esters is 1. The highest BCUT2D eigenvalue weighted by atomic mass is 19.1. The number of carbonyl (C=O) groups excluding carboxylic acids is 2. The van der Waals surface area contributed by atoms with Crippen LogP contribution in [0.4, 0.5) is 8.78 Å². The molecule has 1 amide bonds. The van der Waals surface area contributed by atoms with Crippen molar-refractivity contribution in [3.63, 3.8) is 0 Å². The Kier molecular flexibility index (Phi) is 5.17. The zero-order valence-electron chi connectivity index (χ0n) is 10.3. The second-order valence-electron chi connectivity index (χ2n) is 3.67. The smallest absolute Gasteiger partial charge is 0.328 e. The van der Waals surface area contributed by atoms with Crippen LogP contribution >= 0.6 is 0 Å². The van der Waals surface area contributed by atoms with Crippen molar-refractivity contribution in [2.75, 3.05) is 7.11 Å². The van der Waals surface area contributed by atoms with E-state index in [2.05, 4.69) is 16.6 Å². The van der Waals surface area contributed by atoms with Crippen molar-refractivity contribution >= 4 is 11.9 Å². The van der Waals surface area contributed by atoms with Crippen molar-refractivity contribution in [3.05, 3.63) is 48.1 Å². The summed E-state index contributed by atoms with van der Waals surface area (Å²) >= 11 is 0. The summed E-state index contributed by atoms with van der Waals surface area (Å²) in [6.07, 6.45) is 1.48. The highest BCUT2D eigenvalue weighted by molar-refractivity contribution is 5.97. The van der Waals surface area contributed by atoms with Gasteiger partial charge in [0.25, 0.3) is 5.91 Å². The van der Waals surface area contributed by atoms with E-state index < -0.39 is 35.1 Å². The maximum Gasteiger partial charge on any atom is 0.328 e. The number of hydrogen-bond donors (Lipinski definition) is 1. The molecule has 0 aromatic heterocycles. The van der Waals surface area contributed by atoms with E-state index in [-0.39, 0.29) is 6.42 Å². The van der Waals surface area contributed by atoms with Crippen LogP contribution in [0.3, 0.4) is 0 Å². The van der Waals surface area contributed by atoms with Crippen molar-refractivity contribution in [1.29, 1.82) is 0 Å². The van der Waals surface area contributed by atoms with Gasteiger partial charge in [-0.05, 0) is 18.6 Å². The first-order valence-corrected chi connectivity index (χ1v) is 5.44. The maximum atomic E-state index is 13.4. The molecule has 1 N–H and O–H groups in total. The molecule has 0 saturated heterocycles. The molecule has 1 rings (SSSR count). The summed E-state index contributed by atoms with van der Waals surface area (Å²) in [5.41, 5.74) is -0.736. The van der Waals surface area contributed by atoms with Gasteiger partial charge in [-0.1, -0.05) is 12.1 Å². The van der Waals surface area contributed by atoms with E-state index in [0.717, 1.165) is 25.3 Å². The molecule has 0 aliphatic rings. The molecule has 1 unspecified atom stereocenters. The zero-order chi connectivity index (χ0) is 14.4. The van der Waals surface area contributed by atoms with Gasteiger partial charge in [0.2, 0.25) is 0 Å². The van der Waals surface area contributed by atoms with Crippen molar-refractivity contribution in [2.24, 2.45) is 0 Å². The van der Waals surface area contributed by atoms with Gasteiger partial charge in [0.1, 0.15) is 23.2 Å². The van der Waals surface area contributed by atoms with Gasteiger partial charge in [-0.15, -0.1) is 6.58 Å². The molecule has 1 aromatic carbocycles. The molecule has 0 heterocycles. The van der Waals surface area contributed by atoms with E-state index in [1.165, 1.54) is 6.08 Å². The monoisotopic (exact) mass is 269 g/mol. The first-order valence-electron chi connectivity index (χ1n) is 5.44. The Bertz CT molecular complexity index is 482. The molecule has 0 radical (unpaired) electrons. The minimum atomic E-state index is -1.03. The lowest BCUT2D eigenvalue weighted by atomic mass is 10.1. The first-order chi connectivity index (χ1) is 9.01. The van der Waals surface area contributed by atoms with E-state index in [1.54, 1.807) is 0 Å². The molecule has 1 aromatic rings. The molecular weight excluding hydrogens is 256 g/mol. The van der Waals surface area contributed by atoms with Crippen LogP contribution in [-0.2, 0) is 9.53 Å². The Hall–Kier alpha value is -2.24. The Morgan fingerprint density at radius 3 is 2.47 bits per heavy atom. The number of methoxy groups -OCH3 is 1. The van der Waals surface area contributed by atoms with Crippen molar-refractivity contribution in [3.8, 4) is 0 Å². The maximum absolute atomic E-state index is 13.4. The number of ether oxygens (including phenoxy) is 1. The number of amides is 1. The lowest BCUT2D eigenvalue weighted by Crippen LogP contribution is -2.41. The van der Waals surface area contributed by atoms with Crippen molar-refractivity contribution < 1.29 is 23.1 Å². The number of benzene rings is 1. The molecule has 0 aliphatic carbocycles. The summed E-state index contributed by atoms with van der Waals surface area (Å²) in [7, 11) is 1.15. The van der Waals surface area contributed by atoms with Crippen LogP contribution in [0.15, 0.2) is 30.9 Å². The quantitative estimate of drug-likeness (QED) is 0.655. The van der Waals surface area contributed by atoms with E-state index in [0.29, 0.717) is 0 Å². The summed E-state index contributed by atoms with van der Waals surface area (Å²) in [6, 6.07) is 2.02. The SMILES string of the molecule is C=CCC(NC(=O)c1c(F)cccc1F)C(=O)OC. The van der Waals surface area contributed by atoms with Crippen LogP contribution in [0, 0.1) is 11.6 Å². The highest BCUT2D eigenvalue weighted by Gasteiger charge is 2.24. The Labute approximate surface area is 109 Å². The number of hydrogen-bond acceptors (Lipinski definition) is 3. The van der Waals surface area contributed by atoms with Crippen LogP contribution in [0.1, 0.15) is 16.8 Å². The lowest BCUT2D eigenvalue weighted by Gasteiger charge is -2.15. The Morgan fingerprint density at radius 2 is 2.00 bits per heavy atom. The average Bonchev–Trinajstić information content (AvgIpc) is 2.37. The fraction of sp³-hybridized carbons (Fsp3) is 0.231. The van der Waals surface area contributed by atoms with Crippen LogP contribution in [-0.4, -0.2) is 25.0 Å². The fourth-order valence-corrected chi connectivity index (χ4v) is 1.47. The summed E-state index contributed by atoms with van der Waals surface area (Å²) < 4.78 is 31.2. The largest absolute Gasteiger partial charge is 0.467 e. The average molecular weight is 269 g/mol. The molecule has 19 heavy (non-hydrogen) atoms. The first kappa shape index (κ1) is 14.8. The highest BCUT2D eigenvalue weighted by Crippen LogP contribution is 2.12. The molecule has 4 nitrogen and oxygen atoms in total. The van der Waals surface area contributed by atoms with E-state index in [4.69, 9.17) is 0 Å². The normalized spacial score (nSPS) is 11.5. The fourth-order valence-electron chi connectivity index (χ4n) is 1.47. The predicted octanol–water partition coefficient (Wildman–Crippen LogP) is 1.81. The summed E-state index contributed by atoms with van der Waals surface area (Å²) in [5, 5.41) is 2.20. The number of nitrogens with one attached hydrogen (secondary N) is 1. The standard InChI is InChI=1S/C13H13F2NO3/c1-3-5-10(13(18)19-2)16-12(17)11-8(14)6-4-7-9(11)15/h3-4,6-7,10H,1,5H2,2H3,(H,16,17). The summed E-state index contributed by atoms with van der Waals surface area (Å²) in [5.74, 6) is -3.74. The molecule has 0 bridgehead atoms. The Morgan fingerprint density at radius 1 is 1.42 bits per heavy atom. The van der Waals surface area contributed by atoms with Gasteiger partial charge in [0.05, 0.1) is 7.11 Å². The molecular formula is C13H13F2NO3. The van der Waals surface area contributed by atoms with Gasteiger partial charge < -0.3 is 10.1 Å². The van der Waals surface area contributed by atoms with Crippen molar-refractivity contribution in [1.82, 2.24) is 5.32 Å². The van der Waals surface area contributed by atoms with E-state index in [9.17, 15) is 18.4 Å².